The quantitative estimate of drug-likeness (QED) is 0.778. The molecule has 1 N–H and O–H groups in total. The smallest absolute Gasteiger partial charge is 0.0976 e. The highest BCUT2D eigenvalue weighted by molar-refractivity contribution is 6.30. The second kappa shape index (κ2) is 9.01. The third-order valence-corrected chi connectivity index (χ3v) is 5.55. The first-order valence-corrected chi connectivity index (χ1v) is 9.84. The predicted octanol–water partition coefficient (Wildman–Crippen LogP) is 4.44. The van der Waals surface area contributed by atoms with Crippen LogP contribution in [0.1, 0.15) is 36.8 Å². The summed E-state index contributed by atoms with van der Waals surface area (Å²) in [6.45, 7) is 6.27. The summed E-state index contributed by atoms with van der Waals surface area (Å²) in [4.78, 5) is 2.40. The number of aliphatic hydroxyl groups is 1. The van der Waals surface area contributed by atoms with Crippen molar-refractivity contribution in [1.82, 2.24) is 4.90 Å². The molecule has 1 saturated heterocycles. The van der Waals surface area contributed by atoms with Crippen LogP contribution in [0.2, 0.25) is 5.02 Å². The number of morpholine rings is 1. The largest absolute Gasteiger partial charge is 0.384 e. The Labute approximate surface area is 161 Å². The highest BCUT2D eigenvalue weighted by Crippen LogP contribution is 2.41. The van der Waals surface area contributed by atoms with E-state index in [0.29, 0.717) is 11.4 Å². The Balaban J connectivity index is 1.99. The van der Waals surface area contributed by atoms with Crippen molar-refractivity contribution < 1.29 is 9.84 Å². The third-order valence-electron chi connectivity index (χ3n) is 5.30. The van der Waals surface area contributed by atoms with Gasteiger partial charge in [0.15, 0.2) is 0 Å². The zero-order chi connectivity index (χ0) is 18.4. The fourth-order valence-corrected chi connectivity index (χ4v) is 4.02. The van der Waals surface area contributed by atoms with E-state index in [1.165, 1.54) is 5.56 Å². The number of rotatable bonds is 7. The maximum absolute atomic E-state index is 11.9. The summed E-state index contributed by atoms with van der Waals surface area (Å²) in [5, 5.41) is 12.6. The summed E-state index contributed by atoms with van der Waals surface area (Å²) in [5.41, 5.74) is 1.18. The number of ether oxygens (including phenoxy) is 1. The van der Waals surface area contributed by atoms with Crippen molar-refractivity contribution in [3.63, 3.8) is 0 Å². The van der Waals surface area contributed by atoms with Gasteiger partial charge in [-0.25, -0.2) is 0 Å². The number of hydrogen-bond acceptors (Lipinski definition) is 3. The minimum Gasteiger partial charge on any atom is -0.384 e. The first kappa shape index (κ1) is 19.4. The molecular weight excluding hydrogens is 346 g/mol. The van der Waals surface area contributed by atoms with Gasteiger partial charge in [-0.1, -0.05) is 67.4 Å². The van der Waals surface area contributed by atoms with Crippen LogP contribution in [0, 0.1) is 0 Å². The van der Waals surface area contributed by atoms with Gasteiger partial charge in [0.25, 0.3) is 0 Å². The Morgan fingerprint density at radius 3 is 2.35 bits per heavy atom. The first-order chi connectivity index (χ1) is 12.6. The molecule has 0 radical (unpaired) electrons. The molecule has 1 aliphatic rings. The van der Waals surface area contributed by atoms with Crippen LogP contribution < -0.4 is 0 Å². The number of nitrogens with zero attached hydrogens (tertiary/aromatic N) is 1. The topological polar surface area (TPSA) is 32.7 Å². The number of halogens is 1. The maximum atomic E-state index is 11.9. The predicted molar refractivity (Wildman–Crippen MR) is 107 cm³/mol. The van der Waals surface area contributed by atoms with Gasteiger partial charge in [0.05, 0.1) is 18.8 Å². The van der Waals surface area contributed by atoms with Crippen molar-refractivity contribution in [2.45, 2.75) is 31.3 Å². The molecule has 1 fully saturated rings. The lowest BCUT2D eigenvalue weighted by Crippen LogP contribution is -2.45. The molecule has 0 amide bonds. The van der Waals surface area contributed by atoms with Crippen LogP contribution in [0.15, 0.2) is 54.6 Å². The van der Waals surface area contributed by atoms with Gasteiger partial charge in [0, 0.05) is 30.6 Å². The molecule has 2 aromatic rings. The van der Waals surface area contributed by atoms with Gasteiger partial charge < -0.3 is 9.84 Å². The maximum Gasteiger partial charge on any atom is 0.0976 e. The molecule has 0 bridgehead atoms. The Bertz CT molecular complexity index is 670. The van der Waals surface area contributed by atoms with Crippen molar-refractivity contribution in [2.75, 3.05) is 32.8 Å². The van der Waals surface area contributed by atoms with Gasteiger partial charge >= 0.3 is 0 Å². The molecule has 26 heavy (non-hydrogen) atoms. The minimum atomic E-state index is -0.932. The van der Waals surface area contributed by atoms with E-state index in [1.54, 1.807) is 0 Å². The normalized spacial score (nSPS) is 19.0. The van der Waals surface area contributed by atoms with Gasteiger partial charge in [-0.05, 0) is 29.7 Å². The Hall–Kier alpha value is -1.39. The summed E-state index contributed by atoms with van der Waals surface area (Å²) < 4.78 is 5.50. The molecule has 0 saturated carbocycles. The van der Waals surface area contributed by atoms with Crippen LogP contribution in [0.25, 0.3) is 0 Å². The van der Waals surface area contributed by atoms with E-state index in [1.807, 2.05) is 30.3 Å². The minimum absolute atomic E-state index is 0.0112. The summed E-state index contributed by atoms with van der Waals surface area (Å²) in [6, 6.07) is 18.1. The fourth-order valence-electron chi connectivity index (χ4n) is 3.90. The second-order valence-corrected chi connectivity index (χ2v) is 7.49. The Kier molecular flexibility index (Phi) is 6.71. The van der Waals surface area contributed by atoms with Gasteiger partial charge in [0.2, 0.25) is 0 Å². The van der Waals surface area contributed by atoms with Gasteiger partial charge in [0.1, 0.15) is 0 Å². The van der Waals surface area contributed by atoms with Crippen LogP contribution in [-0.2, 0) is 10.3 Å². The van der Waals surface area contributed by atoms with Crippen LogP contribution >= 0.6 is 11.6 Å². The van der Waals surface area contributed by atoms with Crippen molar-refractivity contribution in [3.05, 3.63) is 70.7 Å². The van der Waals surface area contributed by atoms with E-state index in [4.69, 9.17) is 16.3 Å². The molecule has 3 nitrogen and oxygen atoms in total. The van der Waals surface area contributed by atoms with E-state index < -0.39 is 5.60 Å². The molecule has 2 aromatic carbocycles. The average molecular weight is 374 g/mol. The molecule has 140 valence electrons. The molecule has 1 heterocycles. The Morgan fingerprint density at radius 2 is 1.73 bits per heavy atom. The number of hydrogen-bond donors (Lipinski definition) is 1. The van der Waals surface area contributed by atoms with E-state index in [-0.39, 0.29) is 5.92 Å². The van der Waals surface area contributed by atoms with Crippen molar-refractivity contribution >= 4 is 11.6 Å². The van der Waals surface area contributed by atoms with E-state index in [2.05, 4.69) is 36.1 Å². The van der Waals surface area contributed by atoms with Crippen LogP contribution in [0.5, 0.6) is 0 Å². The average Bonchev–Trinajstić information content (AvgIpc) is 2.68. The molecule has 0 aromatic heterocycles. The zero-order valence-corrected chi connectivity index (χ0v) is 16.2. The summed E-state index contributed by atoms with van der Waals surface area (Å²) in [5.74, 6) is -0.0112. The van der Waals surface area contributed by atoms with E-state index in [9.17, 15) is 5.11 Å². The zero-order valence-electron chi connectivity index (χ0n) is 15.4. The van der Waals surface area contributed by atoms with Gasteiger partial charge in [-0.3, -0.25) is 4.90 Å². The van der Waals surface area contributed by atoms with Gasteiger partial charge in [-0.2, -0.15) is 0 Å². The molecule has 3 rings (SSSR count). The molecule has 0 unspecified atom stereocenters. The lowest BCUT2D eigenvalue weighted by molar-refractivity contribution is -0.0285. The third kappa shape index (κ3) is 4.47. The second-order valence-electron chi connectivity index (χ2n) is 7.06. The van der Waals surface area contributed by atoms with Crippen LogP contribution in [-0.4, -0.2) is 42.9 Å². The summed E-state index contributed by atoms with van der Waals surface area (Å²) in [6.07, 6.45) is 1.62. The summed E-state index contributed by atoms with van der Waals surface area (Å²) in [7, 11) is 0. The van der Waals surface area contributed by atoms with Crippen molar-refractivity contribution in [1.29, 1.82) is 0 Å². The molecule has 0 aliphatic carbocycles. The molecule has 4 heteroatoms. The van der Waals surface area contributed by atoms with Gasteiger partial charge in [-0.15, -0.1) is 0 Å². The monoisotopic (exact) mass is 373 g/mol. The van der Waals surface area contributed by atoms with Crippen LogP contribution in [0.4, 0.5) is 0 Å². The number of benzene rings is 2. The SMILES string of the molecule is CCC[C@@](O)(c1ccc(Cl)cc1)[C@@H](CN1CCOCC1)c1ccccc1. The summed E-state index contributed by atoms with van der Waals surface area (Å²) >= 11 is 6.09. The van der Waals surface area contributed by atoms with E-state index in [0.717, 1.165) is 44.8 Å². The molecule has 2 atom stereocenters. The van der Waals surface area contributed by atoms with Crippen molar-refractivity contribution in [2.24, 2.45) is 0 Å². The molecule has 1 aliphatic heterocycles. The molecular formula is C22H28ClNO2. The molecule has 0 spiro atoms. The highest BCUT2D eigenvalue weighted by Gasteiger charge is 2.39. The standard InChI is InChI=1S/C22H28ClNO2/c1-2-12-22(25,19-8-10-20(23)11-9-19)21(18-6-4-3-5-7-18)17-24-13-15-26-16-14-24/h3-11,21,25H,2,12-17H2,1H3/t21-,22+/m0/s1. The highest BCUT2D eigenvalue weighted by atomic mass is 35.5. The van der Waals surface area contributed by atoms with Crippen LogP contribution in [0.3, 0.4) is 0 Å². The van der Waals surface area contributed by atoms with E-state index >= 15 is 0 Å². The van der Waals surface area contributed by atoms with Crippen molar-refractivity contribution in [3.8, 4) is 0 Å². The fraction of sp³-hybridized carbons (Fsp3) is 0.455. The first-order valence-electron chi connectivity index (χ1n) is 9.47. The lowest BCUT2D eigenvalue weighted by atomic mass is 9.74. The lowest BCUT2D eigenvalue weighted by Gasteiger charge is -2.41. The Morgan fingerprint density at radius 1 is 1.08 bits per heavy atom.